The Balaban J connectivity index is 3.29. The second kappa shape index (κ2) is 13.5. The molecule has 0 fully saturated rings. The van der Waals surface area contributed by atoms with E-state index in [0.29, 0.717) is 5.69 Å². The first kappa shape index (κ1) is 30.4. The Labute approximate surface area is 205 Å². The fourth-order valence-electron chi connectivity index (χ4n) is 3.06. The Morgan fingerprint density at radius 1 is 1.09 bits per heavy atom. The molecule has 5 N–H and O–H groups in total. The maximum atomic E-state index is 13.1. The highest BCUT2D eigenvalue weighted by Crippen LogP contribution is 2.16. The van der Waals surface area contributed by atoms with Gasteiger partial charge in [0, 0.05) is 37.3 Å². The lowest BCUT2D eigenvalue weighted by Crippen LogP contribution is -2.58. The van der Waals surface area contributed by atoms with Gasteiger partial charge in [0.1, 0.15) is 6.23 Å². The van der Waals surface area contributed by atoms with Crippen molar-refractivity contribution in [3.63, 3.8) is 0 Å². The Bertz CT molecular complexity index is 968. The van der Waals surface area contributed by atoms with Crippen molar-refractivity contribution in [3.05, 3.63) is 29.6 Å². The zero-order valence-corrected chi connectivity index (χ0v) is 21.4. The molecule has 0 aliphatic rings. The number of aliphatic hydroxyl groups excluding tert-OH is 1. The van der Waals surface area contributed by atoms with Gasteiger partial charge in [-0.3, -0.25) is 19.4 Å². The monoisotopic (exact) mass is 516 g/mol. The van der Waals surface area contributed by atoms with Crippen molar-refractivity contribution < 1.29 is 38.1 Å². The van der Waals surface area contributed by atoms with Crippen LogP contribution in [0.1, 0.15) is 45.4 Å². The van der Waals surface area contributed by atoms with Gasteiger partial charge in [0.25, 0.3) is 10.2 Å². The molecule has 13 heteroatoms. The first-order valence-corrected chi connectivity index (χ1v) is 12.7. The Hall–Kier alpha value is -2.61. The summed E-state index contributed by atoms with van der Waals surface area (Å²) >= 11 is 0. The Kier molecular flexibility index (Phi) is 11.7. The summed E-state index contributed by atoms with van der Waals surface area (Å²) in [7, 11) is -4.36. The summed E-state index contributed by atoms with van der Waals surface area (Å²) < 4.78 is 29.1. The highest BCUT2D eigenvalue weighted by molar-refractivity contribution is 7.87. The molecular formula is C22H36N4O8S. The van der Waals surface area contributed by atoms with Crippen LogP contribution in [0.2, 0.25) is 0 Å². The van der Waals surface area contributed by atoms with Crippen molar-refractivity contribution in [2.45, 2.75) is 59.7 Å². The minimum Gasteiger partial charge on any atom is -0.481 e. The highest BCUT2D eigenvalue weighted by atomic mass is 32.2. The van der Waals surface area contributed by atoms with Gasteiger partial charge in [-0.1, -0.05) is 33.8 Å². The number of amides is 1. The van der Waals surface area contributed by atoms with E-state index in [1.165, 1.54) is 13.8 Å². The number of aliphatic carboxylic acids is 2. The number of pyridine rings is 1. The molecule has 0 saturated heterocycles. The number of aliphatic hydroxyl groups is 1. The van der Waals surface area contributed by atoms with E-state index in [1.807, 2.05) is 6.92 Å². The SMILES string of the molecule is Cc1ccc(CC(NC(=O)C(C)CC(=O)O)C(O)N(CC(C)C)S(=O)(=O)NCC(C)C(=O)O)nc1. The summed E-state index contributed by atoms with van der Waals surface area (Å²) in [6.07, 6.45) is -0.646. The summed E-state index contributed by atoms with van der Waals surface area (Å²) in [6, 6.07) is 2.29. The van der Waals surface area contributed by atoms with Gasteiger partial charge in [-0.2, -0.15) is 12.7 Å². The largest absolute Gasteiger partial charge is 0.481 e. The minimum atomic E-state index is -4.36. The fourth-order valence-corrected chi connectivity index (χ4v) is 4.62. The number of hydrogen-bond acceptors (Lipinski definition) is 7. The first-order valence-electron chi connectivity index (χ1n) is 11.2. The van der Waals surface area contributed by atoms with Gasteiger partial charge in [0.15, 0.2) is 0 Å². The summed E-state index contributed by atoms with van der Waals surface area (Å²) in [5.41, 5.74) is 1.35. The second-order valence-electron chi connectivity index (χ2n) is 9.11. The van der Waals surface area contributed by atoms with Crippen LogP contribution in [0.5, 0.6) is 0 Å². The number of nitrogens with zero attached hydrogens (tertiary/aromatic N) is 2. The summed E-state index contributed by atoms with van der Waals surface area (Å²) in [5.74, 6) is -5.20. The van der Waals surface area contributed by atoms with Crippen molar-refractivity contribution in [2.24, 2.45) is 17.8 Å². The van der Waals surface area contributed by atoms with Crippen molar-refractivity contribution in [1.82, 2.24) is 19.3 Å². The van der Waals surface area contributed by atoms with Crippen LogP contribution in [-0.2, 0) is 31.0 Å². The van der Waals surface area contributed by atoms with E-state index in [2.05, 4.69) is 15.0 Å². The predicted octanol–water partition coefficient (Wildman–Crippen LogP) is 0.360. The average molecular weight is 517 g/mol. The molecule has 1 heterocycles. The molecule has 0 saturated carbocycles. The molecule has 4 unspecified atom stereocenters. The van der Waals surface area contributed by atoms with Gasteiger partial charge < -0.3 is 20.6 Å². The first-order chi connectivity index (χ1) is 16.1. The number of hydrogen-bond donors (Lipinski definition) is 5. The van der Waals surface area contributed by atoms with Crippen LogP contribution in [0, 0.1) is 24.7 Å². The van der Waals surface area contributed by atoms with Crippen LogP contribution in [0.4, 0.5) is 0 Å². The number of carbonyl (C=O) groups excluding carboxylic acids is 1. The fraction of sp³-hybridized carbons (Fsp3) is 0.636. The van der Waals surface area contributed by atoms with Gasteiger partial charge in [-0.25, -0.2) is 4.72 Å². The third-order valence-corrected chi connectivity index (χ3v) is 6.67. The highest BCUT2D eigenvalue weighted by Gasteiger charge is 2.36. The number of carboxylic acid groups (broad SMARTS) is 2. The van der Waals surface area contributed by atoms with E-state index in [1.54, 1.807) is 32.2 Å². The van der Waals surface area contributed by atoms with Crippen molar-refractivity contribution >= 4 is 28.1 Å². The predicted molar refractivity (Wildman–Crippen MR) is 127 cm³/mol. The van der Waals surface area contributed by atoms with E-state index < -0.39 is 65.1 Å². The van der Waals surface area contributed by atoms with Gasteiger partial charge in [-0.05, 0) is 24.5 Å². The van der Waals surface area contributed by atoms with Crippen molar-refractivity contribution in [3.8, 4) is 0 Å². The smallest absolute Gasteiger partial charge is 0.307 e. The molecule has 35 heavy (non-hydrogen) atoms. The number of carboxylic acids is 2. The molecule has 1 rings (SSSR count). The molecule has 0 radical (unpaired) electrons. The van der Waals surface area contributed by atoms with E-state index in [4.69, 9.17) is 10.2 Å². The van der Waals surface area contributed by atoms with Gasteiger partial charge in [0.2, 0.25) is 5.91 Å². The molecule has 0 bridgehead atoms. The van der Waals surface area contributed by atoms with Gasteiger partial charge in [-0.15, -0.1) is 0 Å². The standard InChI is InChI=1S/C22H36N4O8S/c1-13(2)12-26(35(33,34)24-11-16(5)22(31)32)21(30)18(9-17-7-6-14(3)10-23-17)25-20(29)15(4)8-19(27)28/h6-7,10,13,15-16,18,21,24,30H,8-9,11-12H2,1-5H3,(H,25,29)(H,27,28)(H,31,32). The molecule has 0 spiro atoms. The lowest BCUT2D eigenvalue weighted by Gasteiger charge is -2.34. The topological polar surface area (TPSA) is 186 Å². The van der Waals surface area contributed by atoms with Gasteiger partial charge >= 0.3 is 11.9 Å². The molecule has 12 nitrogen and oxygen atoms in total. The molecule has 1 aromatic heterocycles. The van der Waals surface area contributed by atoms with E-state index in [0.717, 1.165) is 9.87 Å². The normalized spacial score (nSPS) is 15.4. The molecule has 0 aliphatic carbocycles. The quantitative estimate of drug-likeness (QED) is 0.205. The second-order valence-corrected chi connectivity index (χ2v) is 10.8. The summed E-state index contributed by atoms with van der Waals surface area (Å²) in [6.45, 7) is 7.53. The van der Waals surface area contributed by atoms with Crippen LogP contribution in [0.15, 0.2) is 18.3 Å². The number of carbonyl (C=O) groups is 3. The van der Waals surface area contributed by atoms with Gasteiger partial charge in [0.05, 0.1) is 18.4 Å². The zero-order valence-electron chi connectivity index (χ0n) is 20.6. The number of aryl methyl sites for hydroxylation is 1. The zero-order chi connectivity index (χ0) is 26.9. The number of nitrogens with one attached hydrogen (secondary N) is 2. The van der Waals surface area contributed by atoms with E-state index in [9.17, 15) is 27.9 Å². The van der Waals surface area contributed by atoms with Crippen molar-refractivity contribution in [1.29, 1.82) is 0 Å². The van der Waals surface area contributed by atoms with Crippen LogP contribution in [0.25, 0.3) is 0 Å². The third kappa shape index (κ3) is 10.3. The maximum Gasteiger partial charge on any atom is 0.307 e. The van der Waals surface area contributed by atoms with E-state index in [-0.39, 0.29) is 18.9 Å². The van der Waals surface area contributed by atoms with Crippen LogP contribution >= 0.6 is 0 Å². The molecule has 198 valence electrons. The average Bonchev–Trinajstić information content (AvgIpc) is 2.75. The molecule has 1 amide bonds. The molecule has 0 aliphatic heterocycles. The Morgan fingerprint density at radius 3 is 2.20 bits per heavy atom. The van der Waals surface area contributed by atoms with Crippen LogP contribution < -0.4 is 10.0 Å². The number of rotatable bonds is 15. The minimum absolute atomic E-state index is 0.0391. The van der Waals surface area contributed by atoms with E-state index >= 15 is 0 Å². The number of aromatic nitrogens is 1. The molecular weight excluding hydrogens is 480 g/mol. The van der Waals surface area contributed by atoms with Crippen LogP contribution in [0.3, 0.4) is 0 Å². The van der Waals surface area contributed by atoms with Crippen LogP contribution in [-0.4, -0.2) is 76.2 Å². The maximum absolute atomic E-state index is 13.1. The third-order valence-electron chi connectivity index (χ3n) is 5.16. The summed E-state index contributed by atoms with van der Waals surface area (Å²) in [5, 5.41) is 31.8. The molecule has 0 aromatic carbocycles. The molecule has 1 aromatic rings. The Morgan fingerprint density at radius 2 is 1.71 bits per heavy atom. The lowest BCUT2D eigenvalue weighted by molar-refractivity contribution is -0.141. The molecule has 4 atom stereocenters. The lowest BCUT2D eigenvalue weighted by atomic mass is 10.0. The van der Waals surface area contributed by atoms with Crippen molar-refractivity contribution in [2.75, 3.05) is 13.1 Å². The summed E-state index contributed by atoms with van der Waals surface area (Å²) in [4.78, 5) is 39.0.